The number of likely N-dealkylation sites (tertiary alicyclic amines) is 1. The molecule has 0 spiro atoms. The summed E-state index contributed by atoms with van der Waals surface area (Å²) in [6.45, 7) is 3.18. The molecule has 20 heavy (non-hydrogen) atoms. The van der Waals surface area contributed by atoms with Crippen LogP contribution in [-0.4, -0.2) is 35.6 Å². The molecular weight excluding hydrogens is 272 g/mol. The fourth-order valence-corrected chi connectivity index (χ4v) is 3.68. The first kappa shape index (κ1) is 14.2. The lowest BCUT2D eigenvalue weighted by Gasteiger charge is -2.36. The molecule has 1 atom stereocenters. The van der Waals surface area contributed by atoms with Gasteiger partial charge in [0.25, 0.3) is 0 Å². The van der Waals surface area contributed by atoms with Gasteiger partial charge in [0.05, 0.1) is 6.61 Å². The van der Waals surface area contributed by atoms with Gasteiger partial charge in [0, 0.05) is 24.7 Å². The van der Waals surface area contributed by atoms with Crippen LogP contribution in [-0.2, 0) is 0 Å². The Bertz CT molecular complexity index is 434. The molecular formula is C16H23ClN2O. The molecule has 0 aromatic carbocycles. The fraction of sp³-hybridized carbons (Fsp3) is 0.688. The number of ether oxygens (including phenoxy) is 1. The van der Waals surface area contributed by atoms with Crippen LogP contribution >= 0.6 is 11.6 Å². The van der Waals surface area contributed by atoms with Crippen LogP contribution in [0.1, 0.15) is 38.5 Å². The highest BCUT2D eigenvalue weighted by molar-refractivity contribution is 6.31. The number of hydrogen-bond acceptors (Lipinski definition) is 3. The van der Waals surface area contributed by atoms with Crippen LogP contribution in [0.3, 0.4) is 0 Å². The third-order valence-corrected chi connectivity index (χ3v) is 4.86. The number of aromatic nitrogens is 1. The van der Waals surface area contributed by atoms with E-state index in [1.54, 1.807) is 6.20 Å². The minimum absolute atomic E-state index is 0.576. The average molecular weight is 295 g/mol. The van der Waals surface area contributed by atoms with Gasteiger partial charge in [-0.15, -0.1) is 0 Å². The molecule has 110 valence electrons. The molecule has 1 aliphatic heterocycles. The number of rotatable bonds is 4. The summed E-state index contributed by atoms with van der Waals surface area (Å²) in [6.07, 6.45) is 9.87. The Morgan fingerprint density at radius 1 is 1.25 bits per heavy atom. The van der Waals surface area contributed by atoms with Crippen molar-refractivity contribution in [2.45, 2.75) is 44.6 Å². The molecule has 1 saturated heterocycles. The van der Waals surface area contributed by atoms with Gasteiger partial charge in [-0.3, -0.25) is 4.90 Å². The van der Waals surface area contributed by atoms with E-state index in [2.05, 4.69) is 9.88 Å². The predicted molar refractivity (Wildman–Crippen MR) is 81.3 cm³/mol. The minimum atomic E-state index is 0.576. The van der Waals surface area contributed by atoms with Crippen LogP contribution in [0.15, 0.2) is 18.3 Å². The average Bonchev–Trinajstić information content (AvgIpc) is 3.01. The van der Waals surface area contributed by atoms with Crippen LogP contribution in [0.2, 0.25) is 5.02 Å². The largest absolute Gasteiger partial charge is 0.476 e. The fourth-order valence-electron chi connectivity index (χ4n) is 3.51. The van der Waals surface area contributed by atoms with Crippen molar-refractivity contribution >= 4 is 11.6 Å². The molecule has 2 heterocycles. The van der Waals surface area contributed by atoms with Crippen molar-refractivity contribution in [1.29, 1.82) is 0 Å². The van der Waals surface area contributed by atoms with Crippen molar-refractivity contribution in [3.05, 3.63) is 23.4 Å². The molecule has 3 rings (SSSR count). The van der Waals surface area contributed by atoms with Crippen LogP contribution in [0.5, 0.6) is 5.88 Å². The molecule has 2 fully saturated rings. The standard InChI is InChI=1S/C16H23ClN2O/c17-15-8-3-9-18-16(15)20-12-13-5-4-10-19(11-13)14-6-1-2-7-14/h3,8-9,13-14H,1-2,4-7,10-12H2. The zero-order valence-corrected chi connectivity index (χ0v) is 12.7. The molecule has 1 unspecified atom stereocenters. The highest BCUT2D eigenvalue weighted by atomic mass is 35.5. The second-order valence-corrected chi connectivity index (χ2v) is 6.45. The Hall–Kier alpha value is -0.800. The summed E-state index contributed by atoms with van der Waals surface area (Å²) in [6, 6.07) is 4.49. The lowest BCUT2D eigenvalue weighted by molar-refractivity contribution is 0.0951. The summed E-state index contributed by atoms with van der Waals surface area (Å²) in [5.41, 5.74) is 0. The molecule has 0 bridgehead atoms. The SMILES string of the molecule is Clc1cccnc1OCC1CCCN(C2CCCC2)C1. The van der Waals surface area contributed by atoms with Gasteiger partial charge < -0.3 is 4.74 Å². The van der Waals surface area contributed by atoms with Gasteiger partial charge in [-0.05, 0) is 44.4 Å². The van der Waals surface area contributed by atoms with Gasteiger partial charge in [0.1, 0.15) is 5.02 Å². The highest BCUT2D eigenvalue weighted by Crippen LogP contribution is 2.28. The molecule has 1 aliphatic carbocycles. The summed E-state index contributed by atoms with van der Waals surface area (Å²) in [7, 11) is 0. The lowest BCUT2D eigenvalue weighted by Crippen LogP contribution is -2.43. The topological polar surface area (TPSA) is 25.4 Å². The first-order valence-electron chi connectivity index (χ1n) is 7.80. The third kappa shape index (κ3) is 3.44. The Morgan fingerprint density at radius 3 is 2.90 bits per heavy atom. The molecule has 4 heteroatoms. The second-order valence-electron chi connectivity index (χ2n) is 6.04. The summed E-state index contributed by atoms with van der Waals surface area (Å²) in [5.74, 6) is 1.19. The summed E-state index contributed by atoms with van der Waals surface area (Å²) in [5, 5.41) is 0.607. The molecule has 0 amide bonds. The number of piperidine rings is 1. The van der Waals surface area contributed by atoms with E-state index in [0.717, 1.165) is 12.6 Å². The van der Waals surface area contributed by atoms with Gasteiger partial charge in [0.2, 0.25) is 5.88 Å². The predicted octanol–water partition coefficient (Wildman–Crippen LogP) is 3.77. The Kier molecular flexibility index (Phi) is 4.79. The van der Waals surface area contributed by atoms with Gasteiger partial charge in [-0.2, -0.15) is 0 Å². The van der Waals surface area contributed by atoms with Crippen LogP contribution < -0.4 is 4.74 Å². The van der Waals surface area contributed by atoms with Crippen LogP contribution in [0, 0.1) is 5.92 Å². The Balaban J connectivity index is 1.51. The summed E-state index contributed by atoms with van der Waals surface area (Å²) < 4.78 is 5.82. The van der Waals surface area contributed by atoms with Gasteiger partial charge in [0.15, 0.2) is 0 Å². The quantitative estimate of drug-likeness (QED) is 0.845. The molecule has 3 nitrogen and oxygen atoms in total. The minimum Gasteiger partial charge on any atom is -0.476 e. The van der Waals surface area contributed by atoms with Gasteiger partial charge in [-0.25, -0.2) is 4.98 Å². The van der Waals surface area contributed by atoms with E-state index in [0.29, 0.717) is 16.8 Å². The molecule has 1 saturated carbocycles. The van der Waals surface area contributed by atoms with E-state index in [-0.39, 0.29) is 0 Å². The van der Waals surface area contributed by atoms with E-state index in [9.17, 15) is 0 Å². The lowest BCUT2D eigenvalue weighted by atomic mass is 9.97. The van der Waals surface area contributed by atoms with Crippen molar-refractivity contribution in [2.24, 2.45) is 5.92 Å². The molecule has 1 aromatic rings. The second kappa shape index (κ2) is 6.77. The number of halogens is 1. The number of pyridine rings is 1. The Morgan fingerprint density at radius 2 is 2.10 bits per heavy atom. The Labute approximate surface area is 126 Å². The summed E-state index contributed by atoms with van der Waals surface area (Å²) >= 11 is 6.08. The van der Waals surface area contributed by atoms with E-state index in [1.807, 2.05) is 12.1 Å². The van der Waals surface area contributed by atoms with Crippen LogP contribution in [0.4, 0.5) is 0 Å². The van der Waals surface area contributed by atoms with Crippen molar-refractivity contribution in [3.8, 4) is 5.88 Å². The van der Waals surface area contributed by atoms with E-state index in [1.165, 1.54) is 51.6 Å². The van der Waals surface area contributed by atoms with Gasteiger partial charge >= 0.3 is 0 Å². The van der Waals surface area contributed by atoms with E-state index < -0.39 is 0 Å². The molecule has 0 radical (unpaired) electrons. The van der Waals surface area contributed by atoms with Crippen LogP contribution in [0.25, 0.3) is 0 Å². The van der Waals surface area contributed by atoms with Crippen molar-refractivity contribution < 1.29 is 4.74 Å². The van der Waals surface area contributed by atoms with Crippen molar-refractivity contribution in [1.82, 2.24) is 9.88 Å². The maximum Gasteiger partial charge on any atom is 0.232 e. The zero-order chi connectivity index (χ0) is 13.8. The molecule has 1 aromatic heterocycles. The zero-order valence-electron chi connectivity index (χ0n) is 11.9. The van der Waals surface area contributed by atoms with E-state index >= 15 is 0 Å². The first-order valence-corrected chi connectivity index (χ1v) is 8.18. The first-order chi connectivity index (χ1) is 9.83. The maximum absolute atomic E-state index is 6.08. The maximum atomic E-state index is 6.08. The molecule has 0 N–H and O–H groups in total. The van der Waals surface area contributed by atoms with Crippen molar-refractivity contribution in [3.63, 3.8) is 0 Å². The third-order valence-electron chi connectivity index (χ3n) is 4.57. The number of nitrogens with zero attached hydrogens (tertiary/aromatic N) is 2. The molecule has 2 aliphatic rings. The summed E-state index contributed by atoms with van der Waals surface area (Å²) in [4.78, 5) is 6.88. The highest BCUT2D eigenvalue weighted by Gasteiger charge is 2.28. The normalized spacial score (nSPS) is 24.9. The van der Waals surface area contributed by atoms with Gasteiger partial charge in [-0.1, -0.05) is 24.4 Å². The van der Waals surface area contributed by atoms with E-state index in [4.69, 9.17) is 16.3 Å². The number of hydrogen-bond donors (Lipinski definition) is 0. The van der Waals surface area contributed by atoms with Crippen molar-refractivity contribution in [2.75, 3.05) is 19.7 Å². The smallest absolute Gasteiger partial charge is 0.232 e. The monoisotopic (exact) mass is 294 g/mol.